The molecule has 0 heterocycles. The molecule has 25 heavy (non-hydrogen) atoms. The summed E-state index contributed by atoms with van der Waals surface area (Å²) in [5.74, 6) is 1.60. The average molecular weight is 484 g/mol. The standard InChI is InChI=1S/C16H28N4O3S.HI/c1-13-6-7-14(12-15(13)23-3)8-11-19-16(17-2)18-9-5-10-20-24(4,21)22;/h6-7,12,20H,5,8-11H2,1-4H3,(H2,17,18,19);1H. The van der Waals surface area contributed by atoms with Gasteiger partial charge in [0.1, 0.15) is 5.75 Å². The van der Waals surface area contributed by atoms with Crippen molar-refractivity contribution < 1.29 is 13.2 Å². The SMILES string of the molecule is CN=C(NCCCNS(C)(=O)=O)NCCc1ccc(C)c(OC)c1.I. The summed E-state index contributed by atoms with van der Waals surface area (Å²) in [6.07, 6.45) is 2.69. The molecule has 0 bridgehead atoms. The number of methoxy groups -OCH3 is 1. The first kappa shape index (κ1) is 23.9. The van der Waals surface area contributed by atoms with E-state index in [0.29, 0.717) is 25.5 Å². The number of ether oxygens (including phenoxy) is 1. The molecule has 0 spiro atoms. The van der Waals surface area contributed by atoms with Gasteiger partial charge < -0.3 is 15.4 Å². The van der Waals surface area contributed by atoms with Crippen LogP contribution in [0.15, 0.2) is 23.2 Å². The average Bonchev–Trinajstić information content (AvgIpc) is 2.53. The van der Waals surface area contributed by atoms with Crippen molar-refractivity contribution in [3.63, 3.8) is 0 Å². The number of aliphatic imine (C=N–C) groups is 1. The van der Waals surface area contributed by atoms with Crippen LogP contribution in [0.2, 0.25) is 0 Å². The van der Waals surface area contributed by atoms with Crippen molar-refractivity contribution >= 4 is 40.0 Å². The van der Waals surface area contributed by atoms with Gasteiger partial charge in [-0.05, 0) is 37.0 Å². The zero-order chi connectivity index (χ0) is 18.0. The van der Waals surface area contributed by atoms with Crippen LogP contribution >= 0.6 is 24.0 Å². The van der Waals surface area contributed by atoms with Crippen LogP contribution in [0.25, 0.3) is 0 Å². The molecular weight excluding hydrogens is 455 g/mol. The van der Waals surface area contributed by atoms with Crippen molar-refractivity contribution in [2.24, 2.45) is 4.99 Å². The van der Waals surface area contributed by atoms with E-state index in [9.17, 15) is 8.42 Å². The number of nitrogens with zero attached hydrogens (tertiary/aromatic N) is 1. The smallest absolute Gasteiger partial charge is 0.208 e. The Bertz CT molecular complexity index is 651. The highest BCUT2D eigenvalue weighted by Crippen LogP contribution is 2.18. The van der Waals surface area contributed by atoms with Crippen LogP contribution < -0.4 is 20.1 Å². The molecule has 144 valence electrons. The summed E-state index contributed by atoms with van der Waals surface area (Å²) in [7, 11) is 0.265. The third-order valence-corrected chi connectivity index (χ3v) is 4.14. The summed E-state index contributed by atoms with van der Waals surface area (Å²) in [5.41, 5.74) is 2.31. The van der Waals surface area contributed by atoms with E-state index in [-0.39, 0.29) is 24.0 Å². The summed E-state index contributed by atoms with van der Waals surface area (Å²) in [6, 6.07) is 6.19. The Balaban J connectivity index is 0.00000576. The fourth-order valence-electron chi connectivity index (χ4n) is 2.12. The molecule has 0 saturated heterocycles. The predicted octanol–water partition coefficient (Wildman–Crippen LogP) is 1.27. The molecule has 0 saturated carbocycles. The Morgan fingerprint density at radius 1 is 1.20 bits per heavy atom. The molecule has 9 heteroatoms. The molecular formula is C16H29IN4O3S. The third-order valence-electron chi connectivity index (χ3n) is 3.41. The fraction of sp³-hybridized carbons (Fsp3) is 0.562. The molecule has 3 N–H and O–H groups in total. The second kappa shape index (κ2) is 12.3. The van der Waals surface area contributed by atoms with E-state index in [4.69, 9.17) is 4.74 Å². The van der Waals surface area contributed by atoms with E-state index in [1.165, 1.54) is 5.56 Å². The Morgan fingerprint density at radius 2 is 1.88 bits per heavy atom. The predicted molar refractivity (Wildman–Crippen MR) is 114 cm³/mol. The lowest BCUT2D eigenvalue weighted by molar-refractivity contribution is 0.411. The maximum atomic E-state index is 11.0. The van der Waals surface area contributed by atoms with Crippen molar-refractivity contribution in [3.8, 4) is 5.75 Å². The molecule has 0 aliphatic carbocycles. The summed E-state index contributed by atoms with van der Waals surface area (Å²) in [5, 5.41) is 6.39. The second-order valence-corrected chi connectivity index (χ2v) is 7.33. The van der Waals surface area contributed by atoms with E-state index < -0.39 is 10.0 Å². The molecule has 0 aromatic heterocycles. The van der Waals surface area contributed by atoms with Gasteiger partial charge in [0.25, 0.3) is 0 Å². The molecule has 1 aromatic carbocycles. The number of benzene rings is 1. The van der Waals surface area contributed by atoms with Gasteiger partial charge >= 0.3 is 0 Å². The topological polar surface area (TPSA) is 91.8 Å². The number of sulfonamides is 1. The van der Waals surface area contributed by atoms with E-state index in [1.807, 2.05) is 13.0 Å². The lowest BCUT2D eigenvalue weighted by atomic mass is 10.1. The third kappa shape index (κ3) is 10.5. The minimum absolute atomic E-state index is 0. The molecule has 1 rings (SSSR count). The van der Waals surface area contributed by atoms with Crippen LogP contribution in [0.4, 0.5) is 0 Å². The molecule has 1 aromatic rings. The fourth-order valence-corrected chi connectivity index (χ4v) is 2.63. The van der Waals surface area contributed by atoms with Crippen LogP contribution in [0, 0.1) is 6.92 Å². The van der Waals surface area contributed by atoms with Crippen molar-refractivity contribution in [1.29, 1.82) is 0 Å². The number of hydrogen-bond donors (Lipinski definition) is 3. The van der Waals surface area contributed by atoms with Crippen molar-refractivity contribution in [1.82, 2.24) is 15.4 Å². The van der Waals surface area contributed by atoms with Gasteiger partial charge in [0.2, 0.25) is 10.0 Å². The number of rotatable bonds is 9. The van der Waals surface area contributed by atoms with Crippen LogP contribution in [-0.2, 0) is 16.4 Å². The molecule has 0 atom stereocenters. The zero-order valence-electron chi connectivity index (χ0n) is 15.3. The Morgan fingerprint density at radius 3 is 2.48 bits per heavy atom. The molecule has 7 nitrogen and oxygen atoms in total. The van der Waals surface area contributed by atoms with Crippen molar-refractivity contribution in [2.75, 3.05) is 40.0 Å². The molecule has 0 fully saturated rings. The molecule has 0 unspecified atom stereocenters. The Kier molecular flexibility index (Phi) is 11.8. The highest BCUT2D eigenvalue weighted by Gasteiger charge is 2.02. The van der Waals surface area contributed by atoms with Crippen molar-refractivity contribution in [3.05, 3.63) is 29.3 Å². The number of hydrogen-bond acceptors (Lipinski definition) is 4. The van der Waals surface area contributed by atoms with Crippen LogP contribution in [0.3, 0.4) is 0 Å². The number of guanidine groups is 1. The largest absolute Gasteiger partial charge is 0.496 e. The first-order chi connectivity index (χ1) is 11.4. The lowest BCUT2D eigenvalue weighted by Crippen LogP contribution is -2.39. The van der Waals surface area contributed by atoms with Crippen LogP contribution in [0.1, 0.15) is 17.5 Å². The number of halogens is 1. The van der Waals surface area contributed by atoms with E-state index >= 15 is 0 Å². The molecule has 0 aliphatic rings. The van der Waals surface area contributed by atoms with Gasteiger partial charge in [-0.25, -0.2) is 13.1 Å². The second-order valence-electron chi connectivity index (χ2n) is 5.50. The number of aryl methyl sites for hydroxylation is 1. The molecule has 0 amide bonds. The lowest BCUT2D eigenvalue weighted by Gasteiger charge is -2.12. The van der Waals surface area contributed by atoms with Gasteiger partial charge in [0, 0.05) is 26.7 Å². The highest BCUT2D eigenvalue weighted by atomic mass is 127. The summed E-state index contributed by atoms with van der Waals surface area (Å²) >= 11 is 0. The monoisotopic (exact) mass is 484 g/mol. The van der Waals surface area contributed by atoms with E-state index in [1.54, 1.807) is 14.2 Å². The first-order valence-electron chi connectivity index (χ1n) is 7.88. The molecule has 0 aliphatic heterocycles. The van der Waals surface area contributed by atoms with Crippen molar-refractivity contribution in [2.45, 2.75) is 19.8 Å². The minimum atomic E-state index is -3.12. The van der Waals surface area contributed by atoms with Gasteiger partial charge in [0.15, 0.2) is 5.96 Å². The summed E-state index contributed by atoms with van der Waals surface area (Å²) in [6.45, 7) is 3.81. The highest BCUT2D eigenvalue weighted by molar-refractivity contribution is 14.0. The van der Waals surface area contributed by atoms with E-state index in [0.717, 1.165) is 30.5 Å². The summed E-state index contributed by atoms with van der Waals surface area (Å²) < 4.78 is 29.7. The quantitative estimate of drug-likeness (QED) is 0.213. The number of nitrogens with one attached hydrogen (secondary N) is 3. The normalized spacial score (nSPS) is 11.6. The molecule has 0 radical (unpaired) electrons. The van der Waals surface area contributed by atoms with Gasteiger partial charge in [-0.3, -0.25) is 4.99 Å². The van der Waals surface area contributed by atoms with Gasteiger partial charge in [-0.15, -0.1) is 24.0 Å². The first-order valence-corrected chi connectivity index (χ1v) is 9.77. The maximum Gasteiger partial charge on any atom is 0.208 e. The summed E-state index contributed by atoms with van der Waals surface area (Å²) in [4.78, 5) is 4.14. The van der Waals surface area contributed by atoms with Gasteiger partial charge in [0.05, 0.1) is 13.4 Å². The Hall–Kier alpha value is -1.07. The van der Waals surface area contributed by atoms with E-state index in [2.05, 4.69) is 32.5 Å². The van der Waals surface area contributed by atoms with Gasteiger partial charge in [-0.1, -0.05) is 12.1 Å². The minimum Gasteiger partial charge on any atom is -0.496 e. The maximum absolute atomic E-state index is 11.0. The Labute approximate surface area is 168 Å². The van der Waals surface area contributed by atoms with Gasteiger partial charge in [-0.2, -0.15) is 0 Å². The van der Waals surface area contributed by atoms with Crippen LogP contribution in [0.5, 0.6) is 5.75 Å². The van der Waals surface area contributed by atoms with Crippen LogP contribution in [-0.4, -0.2) is 54.4 Å². The zero-order valence-corrected chi connectivity index (χ0v) is 18.4.